The lowest BCUT2D eigenvalue weighted by molar-refractivity contribution is -0.0117. The highest BCUT2D eigenvalue weighted by Crippen LogP contribution is 2.39. The van der Waals surface area contributed by atoms with Crippen LogP contribution in [0, 0.1) is 17.5 Å². The van der Waals surface area contributed by atoms with E-state index in [1.165, 1.54) is 17.1 Å². The average Bonchev–Trinajstić information content (AvgIpc) is 3.15. The predicted octanol–water partition coefficient (Wildman–Crippen LogP) is 4.64. The van der Waals surface area contributed by atoms with E-state index < -0.39 is 40.3 Å². The molecule has 0 saturated carbocycles. The van der Waals surface area contributed by atoms with Crippen LogP contribution in [0.4, 0.5) is 23.2 Å². The first-order valence-electron chi connectivity index (χ1n) is 12.7. The number of carbonyl (C=O) groups excluding carboxylic acids is 1. The Morgan fingerprint density at radius 2 is 1.74 bits per heavy atom. The second kappa shape index (κ2) is 12.7. The number of nitrogens with zero attached hydrogens (tertiary/aromatic N) is 3. The fourth-order valence-corrected chi connectivity index (χ4v) is 4.40. The largest absolute Gasteiger partial charge is 0.381 e. The number of nitrogens with two attached hydrogens (primary N) is 1. The quantitative estimate of drug-likeness (QED) is 0.460. The Morgan fingerprint density at radius 3 is 2.41 bits per heavy atom. The standard InChI is InChI=1S/C21H18F4N4O2.C6H13NO/c1-29-11-13(10-26-29)27-20(30)17-3-2-14(22)19(28-17)18-15(23)8-12(9-16(18)24)21(25)4-6-31-7-5-21;7-6-2-1-4-8-5-3-6/h2-3,8-11H,4-7H2,1H3,(H,27,30);6H,1-5,7H2. The van der Waals surface area contributed by atoms with Crippen molar-refractivity contribution < 1.29 is 31.8 Å². The van der Waals surface area contributed by atoms with Crippen molar-refractivity contribution in [2.75, 3.05) is 31.7 Å². The number of benzene rings is 1. The van der Waals surface area contributed by atoms with Crippen LogP contribution in [0.2, 0.25) is 0 Å². The van der Waals surface area contributed by atoms with Gasteiger partial charge in [0.05, 0.1) is 17.4 Å². The minimum Gasteiger partial charge on any atom is -0.381 e. The second-order valence-corrected chi connectivity index (χ2v) is 9.58. The number of aromatic nitrogens is 3. The van der Waals surface area contributed by atoms with Gasteiger partial charge in [-0.3, -0.25) is 9.48 Å². The minimum absolute atomic E-state index is 0.0398. The van der Waals surface area contributed by atoms with Crippen molar-refractivity contribution in [3.05, 3.63) is 65.4 Å². The SMILES string of the molecule is Cn1cc(NC(=O)c2ccc(F)c(-c3c(F)cc(C4(F)CCOCC4)cc3F)n2)cn1.NC1CCCOCC1. The van der Waals surface area contributed by atoms with Crippen LogP contribution in [0.3, 0.4) is 0 Å². The summed E-state index contributed by atoms with van der Waals surface area (Å²) in [7, 11) is 1.65. The first-order chi connectivity index (χ1) is 18.7. The molecule has 2 aliphatic rings. The minimum atomic E-state index is -1.93. The number of halogens is 4. The topological polar surface area (TPSA) is 104 Å². The van der Waals surface area contributed by atoms with Crippen molar-refractivity contribution in [1.29, 1.82) is 0 Å². The van der Waals surface area contributed by atoms with Crippen LogP contribution >= 0.6 is 0 Å². The molecule has 1 unspecified atom stereocenters. The number of hydrogen-bond donors (Lipinski definition) is 2. The number of ether oxygens (including phenoxy) is 2. The third kappa shape index (κ3) is 7.20. The third-order valence-corrected chi connectivity index (χ3v) is 6.62. The van der Waals surface area contributed by atoms with Gasteiger partial charge in [-0.05, 0) is 49.1 Å². The van der Waals surface area contributed by atoms with Crippen LogP contribution in [0.25, 0.3) is 11.3 Å². The Kier molecular flexibility index (Phi) is 9.31. The van der Waals surface area contributed by atoms with Crippen LogP contribution < -0.4 is 11.1 Å². The van der Waals surface area contributed by atoms with Crippen LogP contribution in [0.1, 0.15) is 48.2 Å². The summed E-state index contributed by atoms with van der Waals surface area (Å²) in [6.07, 6.45) is 6.16. The van der Waals surface area contributed by atoms with Gasteiger partial charge in [-0.15, -0.1) is 0 Å². The first-order valence-corrected chi connectivity index (χ1v) is 12.7. The van der Waals surface area contributed by atoms with Crippen LogP contribution in [-0.4, -0.2) is 53.1 Å². The maximum atomic E-state index is 15.1. The number of pyridine rings is 1. The lowest BCUT2D eigenvalue weighted by Crippen LogP contribution is -2.29. The summed E-state index contributed by atoms with van der Waals surface area (Å²) in [5, 5.41) is 6.41. The van der Waals surface area contributed by atoms with E-state index in [0.717, 1.165) is 56.7 Å². The lowest BCUT2D eigenvalue weighted by atomic mass is 9.87. The summed E-state index contributed by atoms with van der Waals surface area (Å²) in [4.78, 5) is 16.2. The highest BCUT2D eigenvalue weighted by atomic mass is 19.1. The molecule has 39 heavy (non-hydrogen) atoms. The summed E-state index contributed by atoms with van der Waals surface area (Å²) in [6.45, 7) is 2.03. The van der Waals surface area contributed by atoms with E-state index >= 15 is 4.39 Å². The maximum absolute atomic E-state index is 15.1. The Hall–Kier alpha value is -3.35. The zero-order valence-corrected chi connectivity index (χ0v) is 21.6. The molecule has 0 radical (unpaired) electrons. The molecule has 2 aliphatic heterocycles. The van der Waals surface area contributed by atoms with E-state index in [2.05, 4.69) is 15.4 Å². The van der Waals surface area contributed by atoms with Crippen molar-refractivity contribution in [1.82, 2.24) is 14.8 Å². The van der Waals surface area contributed by atoms with Gasteiger partial charge in [0.15, 0.2) is 0 Å². The number of carbonyl (C=O) groups is 1. The van der Waals surface area contributed by atoms with E-state index in [-0.39, 0.29) is 37.3 Å². The molecule has 8 nitrogen and oxygen atoms in total. The van der Waals surface area contributed by atoms with Crippen molar-refractivity contribution in [3.8, 4) is 11.3 Å². The van der Waals surface area contributed by atoms with Gasteiger partial charge < -0.3 is 20.5 Å². The number of alkyl halides is 1. The van der Waals surface area contributed by atoms with Gasteiger partial charge in [0, 0.05) is 58.6 Å². The van der Waals surface area contributed by atoms with Gasteiger partial charge in [0.25, 0.3) is 5.91 Å². The van der Waals surface area contributed by atoms with Gasteiger partial charge >= 0.3 is 0 Å². The molecule has 0 bridgehead atoms. The highest BCUT2D eigenvalue weighted by Gasteiger charge is 2.36. The van der Waals surface area contributed by atoms with Crippen LogP contribution in [-0.2, 0) is 22.2 Å². The molecule has 3 N–H and O–H groups in total. The smallest absolute Gasteiger partial charge is 0.274 e. The number of amides is 1. The van der Waals surface area contributed by atoms with Crippen molar-refractivity contribution in [2.24, 2.45) is 12.8 Å². The lowest BCUT2D eigenvalue weighted by Gasteiger charge is -2.30. The fourth-order valence-electron chi connectivity index (χ4n) is 4.40. The molecule has 4 heterocycles. The van der Waals surface area contributed by atoms with Crippen molar-refractivity contribution >= 4 is 11.6 Å². The van der Waals surface area contributed by atoms with Crippen molar-refractivity contribution in [3.63, 3.8) is 0 Å². The monoisotopic (exact) mass is 549 g/mol. The van der Waals surface area contributed by atoms with E-state index in [1.54, 1.807) is 7.05 Å². The van der Waals surface area contributed by atoms with Gasteiger partial charge in [0.2, 0.25) is 0 Å². The summed E-state index contributed by atoms with van der Waals surface area (Å²) < 4.78 is 70.9. The molecular weight excluding hydrogens is 518 g/mol. The zero-order valence-electron chi connectivity index (χ0n) is 21.6. The zero-order chi connectivity index (χ0) is 28.0. The van der Waals surface area contributed by atoms with Gasteiger partial charge in [-0.25, -0.2) is 22.5 Å². The van der Waals surface area contributed by atoms with E-state index in [1.807, 2.05) is 0 Å². The van der Waals surface area contributed by atoms with Gasteiger partial charge in [0.1, 0.15) is 34.5 Å². The molecular formula is C27H31F4N5O3. The number of anilines is 1. The summed E-state index contributed by atoms with van der Waals surface area (Å²) in [6, 6.07) is 4.06. The van der Waals surface area contributed by atoms with E-state index in [4.69, 9.17) is 15.2 Å². The number of hydrogen-bond acceptors (Lipinski definition) is 6. The molecule has 0 spiro atoms. The summed E-state index contributed by atoms with van der Waals surface area (Å²) in [5.74, 6) is -4.08. The van der Waals surface area contributed by atoms with Gasteiger partial charge in [-0.1, -0.05) is 0 Å². The first kappa shape index (κ1) is 28.7. The number of aryl methyl sites for hydroxylation is 1. The number of rotatable bonds is 4. The molecule has 0 aliphatic carbocycles. The molecule has 2 aromatic heterocycles. The molecule has 2 fully saturated rings. The average molecular weight is 550 g/mol. The molecule has 1 aromatic carbocycles. The Bertz CT molecular complexity index is 1270. The number of nitrogens with one attached hydrogen (secondary N) is 1. The van der Waals surface area contributed by atoms with Crippen LogP contribution in [0.15, 0.2) is 36.7 Å². The second-order valence-electron chi connectivity index (χ2n) is 9.58. The maximum Gasteiger partial charge on any atom is 0.274 e. The Balaban J connectivity index is 0.000000379. The predicted molar refractivity (Wildman–Crippen MR) is 136 cm³/mol. The fraction of sp³-hybridized carbons (Fsp3) is 0.444. The molecule has 210 valence electrons. The molecule has 5 rings (SSSR count). The normalized spacial score (nSPS) is 19.0. The molecule has 12 heteroatoms. The molecule has 1 amide bonds. The van der Waals surface area contributed by atoms with E-state index in [9.17, 15) is 18.0 Å². The molecule has 2 saturated heterocycles. The third-order valence-electron chi connectivity index (χ3n) is 6.62. The summed E-state index contributed by atoms with van der Waals surface area (Å²) in [5.41, 5.74) is 2.20. The van der Waals surface area contributed by atoms with E-state index in [0.29, 0.717) is 11.7 Å². The van der Waals surface area contributed by atoms with Crippen LogP contribution in [0.5, 0.6) is 0 Å². The molecule has 3 aromatic rings. The highest BCUT2D eigenvalue weighted by molar-refractivity contribution is 6.03. The Labute approximate surface area is 223 Å². The van der Waals surface area contributed by atoms with Crippen molar-refractivity contribution in [2.45, 2.75) is 43.8 Å². The Morgan fingerprint density at radius 1 is 1.05 bits per heavy atom. The van der Waals surface area contributed by atoms with Gasteiger partial charge in [-0.2, -0.15) is 5.10 Å². The molecule has 1 atom stereocenters. The summed E-state index contributed by atoms with van der Waals surface area (Å²) >= 11 is 0.